The first kappa shape index (κ1) is 7.47. The molecule has 0 aliphatic heterocycles. The Morgan fingerprint density at radius 1 is 1.62 bits per heavy atom. The second kappa shape index (κ2) is 2.41. The lowest BCUT2D eigenvalue weighted by Crippen LogP contribution is -2.12. The molecule has 0 saturated carbocycles. The number of carbonyl (C=O) groups is 1. The van der Waals surface area contributed by atoms with Crippen LogP contribution in [0.5, 0.6) is 0 Å². The first-order valence-electron chi connectivity index (χ1n) is 3.38. The SMILES string of the molecule is NC(=O)c1nn(O)c2ncncc12. The number of rotatable bonds is 1. The van der Waals surface area contributed by atoms with Crippen molar-refractivity contribution in [3.63, 3.8) is 0 Å². The number of carbonyl (C=O) groups excluding carboxylic acids is 1. The fraction of sp³-hybridized carbons (Fsp3) is 0. The molecule has 2 aromatic rings. The van der Waals surface area contributed by atoms with Gasteiger partial charge in [-0.1, -0.05) is 4.85 Å². The molecule has 0 fully saturated rings. The molecule has 0 aromatic carbocycles. The van der Waals surface area contributed by atoms with Crippen LogP contribution in [-0.2, 0) is 0 Å². The van der Waals surface area contributed by atoms with Gasteiger partial charge in [-0.3, -0.25) is 4.79 Å². The molecule has 1 amide bonds. The number of fused-ring (bicyclic) bond motifs is 1. The van der Waals surface area contributed by atoms with E-state index in [1.165, 1.54) is 12.5 Å². The van der Waals surface area contributed by atoms with E-state index in [0.29, 0.717) is 10.2 Å². The molecule has 0 atom stereocenters. The summed E-state index contributed by atoms with van der Waals surface area (Å²) in [4.78, 5) is 18.7. The van der Waals surface area contributed by atoms with Gasteiger partial charge in [0.15, 0.2) is 5.69 Å². The van der Waals surface area contributed by atoms with Crippen LogP contribution in [-0.4, -0.2) is 31.0 Å². The molecule has 0 aliphatic carbocycles. The summed E-state index contributed by atoms with van der Waals surface area (Å²) in [5.41, 5.74) is 5.12. The number of hydrogen-bond donors (Lipinski definition) is 2. The molecule has 0 spiro atoms. The van der Waals surface area contributed by atoms with Crippen LogP contribution in [0.3, 0.4) is 0 Å². The zero-order chi connectivity index (χ0) is 9.42. The average Bonchev–Trinajstić information content (AvgIpc) is 2.45. The Labute approximate surface area is 71.8 Å². The van der Waals surface area contributed by atoms with Crippen molar-refractivity contribution in [3.05, 3.63) is 18.2 Å². The lowest BCUT2D eigenvalue weighted by atomic mass is 10.3. The predicted molar refractivity (Wildman–Crippen MR) is 41.0 cm³/mol. The van der Waals surface area contributed by atoms with Gasteiger partial charge in [-0.05, 0) is 0 Å². The molecule has 0 radical (unpaired) electrons. The van der Waals surface area contributed by atoms with E-state index in [1.807, 2.05) is 0 Å². The smallest absolute Gasteiger partial charge is 0.270 e. The van der Waals surface area contributed by atoms with Gasteiger partial charge in [0.25, 0.3) is 5.91 Å². The summed E-state index contributed by atoms with van der Waals surface area (Å²) in [6.45, 7) is 0. The number of nitrogens with zero attached hydrogens (tertiary/aromatic N) is 4. The van der Waals surface area contributed by atoms with Crippen molar-refractivity contribution in [2.24, 2.45) is 5.73 Å². The van der Waals surface area contributed by atoms with E-state index < -0.39 is 5.91 Å². The fourth-order valence-corrected chi connectivity index (χ4v) is 1.03. The van der Waals surface area contributed by atoms with Gasteiger partial charge in [0, 0.05) is 6.20 Å². The largest absolute Gasteiger partial charge is 0.410 e. The van der Waals surface area contributed by atoms with Gasteiger partial charge in [-0.2, -0.15) is 0 Å². The Kier molecular flexibility index (Phi) is 1.38. The van der Waals surface area contributed by atoms with Crippen LogP contribution in [0.1, 0.15) is 10.5 Å². The highest BCUT2D eigenvalue weighted by Gasteiger charge is 2.14. The zero-order valence-electron chi connectivity index (χ0n) is 6.38. The summed E-state index contributed by atoms with van der Waals surface area (Å²) in [7, 11) is 0. The highest BCUT2D eigenvalue weighted by atomic mass is 16.5. The van der Waals surface area contributed by atoms with Crippen LogP contribution >= 0.6 is 0 Å². The summed E-state index contributed by atoms with van der Waals surface area (Å²) in [5.74, 6) is -0.729. The molecule has 2 aromatic heterocycles. The van der Waals surface area contributed by atoms with Gasteiger partial charge in [0.1, 0.15) is 6.33 Å². The molecule has 66 valence electrons. The van der Waals surface area contributed by atoms with Crippen LogP contribution < -0.4 is 5.73 Å². The van der Waals surface area contributed by atoms with Gasteiger partial charge in [0.2, 0.25) is 5.65 Å². The summed E-state index contributed by atoms with van der Waals surface area (Å²) >= 11 is 0. The third-order valence-corrected chi connectivity index (χ3v) is 1.56. The van der Waals surface area contributed by atoms with Crippen molar-refractivity contribution in [1.29, 1.82) is 0 Å². The molecular formula is C6H5N5O2. The van der Waals surface area contributed by atoms with Gasteiger partial charge in [-0.15, -0.1) is 5.10 Å². The minimum absolute atomic E-state index is 0.0434. The van der Waals surface area contributed by atoms with E-state index in [-0.39, 0.29) is 11.3 Å². The van der Waals surface area contributed by atoms with Crippen LogP contribution in [0.15, 0.2) is 12.5 Å². The van der Waals surface area contributed by atoms with Gasteiger partial charge in [0.05, 0.1) is 5.39 Å². The molecule has 2 heterocycles. The third kappa shape index (κ3) is 0.975. The molecule has 7 heteroatoms. The molecule has 2 rings (SSSR count). The van der Waals surface area contributed by atoms with E-state index in [1.54, 1.807) is 0 Å². The monoisotopic (exact) mass is 179 g/mol. The van der Waals surface area contributed by atoms with E-state index in [9.17, 15) is 4.79 Å². The molecule has 3 N–H and O–H groups in total. The normalized spacial score (nSPS) is 10.5. The summed E-state index contributed by atoms with van der Waals surface area (Å²) in [6, 6.07) is 0. The van der Waals surface area contributed by atoms with Crippen molar-refractivity contribution in [1.82, 2.24) is 19.9 Å². The minimum atomic E-state index is -0.729. The Bertz CT molecular complexity index is 477. The molecule has 0 unspecified atom stereocenters. The molecule has 7 nitrogen and oxygen atoms in total. The number of amides is 1. The first-order chi connectivity index (χ1) is 6.20. The van der Waals surface area contributed by atoms with Crippen LogP contribution in [0.4, 0.5) is 0 Å². The number of aromatic nitrogens is 4. The molecule has 0 aliphatic rings. The molecular weight excluding hydrogens is 174 g/mol. The minimum Gasteiger partial charge on any atom is -0.410 e. The number of primary amides is 1. The second-order valence-corrected chi connectivity index (χ2v) is 2.36. The van der Waals surface area contributed by atoms with Crippen molar-refractivity contribution in [2.75, 3.05) is 0 Å². The maximum atomic E-state index is 10.8. The van der Waals surface area contributed by atoms with Crippen molar-refractivity contribution >= 4 is 16.9 Å². The Hall–Kier alpha value is -2.18. The Morgan fingerprint density at radius 3 is 3.08 bits per heavy atom. The van der Waals surface area contributed by atoms with Crippen LogP contribution in [0.2, 0.25) is 0 Å². The number of nitrogens with two attached hydrogens (primary N) is 1. The fourth-order valence-electron chi connectivity index (χ4n) is 1.03. The van der Waals surface area contributed by atoms with E-state index in [4.69, 9.17) is 10.9 Å². The lowest BCUT2D eigenvalue weighted by molar-refractivity contribution is 0.0984. The van der Waals surface area contributed by atoms with Crippen LogP contribution in [0.25, 0.3) is 11.0 Å². The molecule has 0 saturated heterocycles. The lowest BCUT2D eigenvalue weighted by Gasteiger charge is -1.87. The summed E-state index contributed by atoms with van der Waals surface area (Å²) in [6.07, 6.45) is 2.60. The van der Waals surface area contributed by atoms with Gasteiger partial charge in [-0.25, -0.2) is 9.97 Å². The zero-order valence-corrected chi connectivity index (χ0v) is 6.38. The quantitative estimate of drug-likeness (QED) is 0.555. The highest BCUT2D eigenvalue weighted by Crippen LogP contribution is 2.12. The van der Waals surface area contributed by atoms with E-state index in [2.05, 4.69) is 15.1 Å². The Morgan fingerprint density at radius 2 is 2.38 bits per heavy atom. The maximum absolute atomic E-state index is 10.8. The highest BCUT2D eigenvalue weighted by molar-refractivity contribution is 6.02. The van der Waals surface area contributed by atoms with Crippen molar-refractivity contribution in [2.45, 2.75) is 0 Å². The van der Waals surface area contributed by atoms with Crippen LogP contribution in [0, 0.1) is 0 Å². The predicted octanol–water partition coefficient (Wildman–Crippen LogP) is -0.837. The first-order valence-corrected chi connectivity index (χ1v) is 3.38. The summed E-state index contributed by atoms with van der Waals surface area (Å²) in [5, 5.41) is 13.0. The standard InChI is InChI=1S/C6H5N5O2/c7-5(12)4-3-1-8-2-9-6(3)11(13)10-4/h1-2,13H,(H2,7,12). The Balaban J connectivity index is 2.85. The van der Waals surface area contributed by atoms with E-state index >= 15 is 0 Å². The number of hydrogen-bond acceptors (Lipinski definition) is 5. The summed E-state index contributed by atoms with van der Waals surface area (Å²) < 4.78 is 0. The molecule has 0 bridgehead atoms. The van der Waals surface area contributed by atoms with Crippen molar-refractivity contribution in [3.8, 4) is 0 Å². The van der Waals surface area contributed by atoms with Crippen molar-refractivity contribution < 1.29 is 10.0 Å². The second-order valence-electron chi connectivity index (χ2n) is 2.36. The topological polar surface area (TPSA) is 107 Å². The van der Waals surface area contributed by atoms with E-state index in [0.717, 1.165) is 0 Å². The average molecular weight is 179 g/mol. The van der Waals surface area contributed by atoms with Gasteiger partial charge >= 0.3 is 0 Å². The van der Waals surface area contributed by atoms with Gasteiger partial charge < -0.3 is 10.9 Å². The molecule has 13 heavy (non-hydrogen) atoms. The third-order valence-electron chi connectivity index (χ3n) is 1.56. The maximum Gasteiger partial charge on any atom is 0.270 e.